The third-order valence-corrected chi connectivity index (χ3v) is 2.37. The van der Waals surface area contributed by atoms with E-state index in [4.69, 9.17) is 0 Å². The summed E-state index contributed by atoms with van der Waals surface area (Å²) in [4.78, 5) is 15.6. The largest absolute Gasteiger partial charge is 0.433 e. The third-order valence-electron chi connectivity index (χ3n) is 2.37. The van der Waals surface area contributed by atoms with Crippen molar-refractivity contribution in [3.8, 4) is 0 Å². The van der Waals surface area contributed by atoms with Crippen molar-refractivity contribution >= 4 is 22.7 Å². The van der Waals surface area contributed by atoms with Crippen LogP contribution < -0.4 is 0 Å². The Kier molecular flexibility index (Phi) is 2.52. The zero-order valence-electron chi connectivity index (χ0n) is 8.72. The summed E-state index contributed by atoms with van der Waals surface area (Å²) in [6, 6.07) is 4.73. The zero-order valence-corrected chi connectivity index (χ0v) is 8.72. The molecule has 0 amide bonds. The zero-order chi connectivity index (χ0) is 12.6. The van der Waals surface area contributed by atoms with Crippen LogP contribution in [0.5, 0.6) is 0 Å². The second-order valence-electron chi connectivity index (χ2n) is 3.60. The molecule has 88 valence electrons. The molecule has 1 heterocycles. The minimum atomic E-state index is -4.58. The molecule has 2 rings (SSSR count). The lowest BCUT2D eigenvalue weighted by atomic mass is 10.1. The molecular weight excluding hydrogens is 233 g/mol. The number of aliphatic imine (C=N–C) groups is 1. The average molecular weight is 240 g/mol. The molecule has 0 atom stereocenters. The van der Waals surface area contributed by atoms with Gasteiger partial charge in [0.25, 0.3) is 0 Å². The molecule has 17 heavy (non-hydrogen) atoms. The van der Waals surface area contributed by atoms with Gasteiger partial charge in [-0.3, -0.25) is 0 Å². The number of alkyl halides is 3. The molecule has 0 aliphatic heterocycles. The number of halogens is 3. The van der Waals surface area contributed by atoms with Crippen LogP contribution in [0.25, 0.3) is 10.9 Å². The Morgan fingerprint density at radius 3 is 2.65 bits per heavy atom. The number of aromatic amines is 1. The number of benzene rings is 1. The van der Waals surface area contributed by atoms with E-state index in [0.717, 1.165) is 11.6 Å². The monoisotopic (exact) mass is 240 g/mol. The summed E-state index contributed by atoms with van der Waals surface area (Å²) >= 11 is 0. The first-order chi connectivity index (χ1) is 7.93. The first-order valence-corrected chi connectivity index (χ1v) is 4.71. The summed E-state index contributed by atoms with van der Waals surface area (Å²) in [7, 11) is 0. The summed E-state index contributed by atoms with van der Waals surface area (Å²) in [5.74, 6) is 0. The molecule has 0 bridgehead atoms. The van der Waals surface area contributed by atoms with Crippen molar-refractivity contribution in [1.82, 2.24) is 4.98 Å². The highest BCUT2D eigenvalue weighted by Gasteiger charge is 2.36. The van der Waals surface area contributed by atoms with Gasteiger partial charge >= 0.3 is 6.18 Å². The third kappa shape index (κ3) is 1.94. The van der Waals surface area contributed by atoms with Crippen LogP contribution in [0.15, 0.2) is 23.2 Å². The number of hydrogen-bond donors (Lipinski definition) is 1. The van der Waals surface area contributed by atoms with Gasteiger partial charge in [0.05, 0.1) is 0 Å². The fourth-order valence-electron chi connectivity index (χ4n) is 1.66. The van der Waals surface area contributed by atoms with Gasteiger partial charge in [0.15, 0.2) is 0 Å². The van der Waals surface area contributed by atoms with E-state index in [-0.39, 0.29) is 10.9 Å². The quantitative estimate of drug-likeness (QED) is 0.602. The van der Waals surface area contributed by atoms with E-state index >= 15 is 0 Å². The number of isocyanates is 1. The molecule has 3 nitrogen and oxygen atoms in total. The van der Waals surface area contributed by atoms with Crippen molar-refractivity contribution in [2.75, 3.05) is 0 Å². The maximum Gasteiger partial charge on any atom is 0.433 e. The van der Waals surface area contributed by atoms with Gasteiger partial charge in [0.2, 0.25) is 6.08 Å². The van der Waals surface area contributed by atoms with E-state index in [1.165, 1.54) is 12.1 Å². The number of fused-ring (bicyclic) bond motifs is 1. The Balaban J connectivity index is 2.85. The van der Waals surface area contributed by atoms with Crippen molar-refractivity contribution in [3.05, 3.63) is 29.5 Å². The fourth-order valence-corrected chi connectivity index (χ4v) is 1.66. The predicted molar refractivity (Wildman–Crippen MR) is 55.8 cm³/mol. The maximum absolute atomic E-state index is 12.7. The van der Waals surface area contributed by atoms with Gasteiger partial charge in [-0.05, 0) is 19.1 Å². The number of H-pyrrole nitrogens is 1. The molecule has 0 unspecified atom stereocenters. The van der Waals surface area contributed by atoms with Crippen LogP contribution in [0, 0.1) is 6.92 Å². The topological polar surface area (TPSA) is 45.2 Å². The van der Waals surface area contributed by atoms with E-state index in [0.29, 0.717) is 0 Å². The SMILES string of the molecule is Cc1ccc2[nH]c(C(F)(F)F)c(N=C=O)c2c1. The van der Waals surface area contributed by atoms with Crippen molar-refractivity contribution in [1.29, 1.82) is 0 Å². The van der Waals surface area contributed by atoms with Crippen LogP contribution in [-0.2, 0) is 11.0 Å². The molecule has 0 saturated carbocycles. The number of nitrogens with zero attached hydrogens (tertiary/aromatic N) is 1. The minimum Gasteiger partial charge on any atom is -0.349 e. The van der Waals surface area contributed by atoms with E-state index in [1.54, 1.807) is 13.0 Å². The molecule has 0 saturated heterocycles. The Morgan fingerprint density at radius 1 is 1.35 bits per heavy atom. The minimum absolute atomic E-state index is 0.265. The molecule has 0 aliphatic rings. The second kappa shape index (κ2) is 3.75. The standard InChI is InChI=1S/C11H7F3N2O/c1-6-2-3-8-7(4-6)9(15-5-17)10(16-8)11(12,13)14/h2-4,16H,1H3. The van der Waals surface area contributed by atoms with E-state index < -0.39 is 17.6 Å². The Hall–Kier alpha value is -2.07. The predicted octanol–water partition coefficient (Wildman–Crippen LogP) is 3.46. The summed E-state index contributed by atoms with van der Waals surface area (Å²) in [6.07, 6.45) is -3.43. The lowest BCUT2D eigenvalue weighted by molar-refractivity contribution is -0.140. The molecule has 1 aromatic heterocycles. The normalized spacial score (nSPS) is 11.5. The number of aromatic nitrogens is 1. The highest BCUT2D eigenvalue weighted by Crippen LogP contribution is 2.40. The van der Waals surface area contributed by atoms with Gasteiger partial charge in [-0.25, -0.2) is 4.79 Å². The molecule has 1 aromatic carbocycles. The molecule has 2 aromatic rings. The van der Waals surface area contributed by atoms with Gasteiger partial charge in [0.1, 0.15) is 11.4 Å². The second-order valence-corrected chi connectivity index (χ2v) is 3.60. The van der Waals surface area contributed by atoms with Crippen molar-refractivity contribution in [3.63, 3.8) is 0 Å². The highest BCUT2D eigenvalue weighted by atomic mass is 19.4. The number of hydrogen-bond acceptors (Lipinski definition) is 2. The maximum atomic E-state index is 12.7. The van der Waals surface area contributed by atoms with Crippen LogP contribution >= 0.6 is 0 Å². The Labute approximate surface area is 94.0 Å². The fraction of sp³-hybridized carbons (Fsp3) is 0.182. The molecule has 0 fully saturated rings. The molecular formula is C11H7F3N2O. The summed E-state index contributed by atoms with van der Waals surface area (Å²) in [6.45, 7) is 1.74. The van der Waals surface area contributed by atoms with E-state index in [2.05, 4.69) is 9.98 Å². The molecule has 0 radical (unpaired) electrons. The molecule has 6 heteroatoms. The average Bonchev–Trinajstić information content (AvgIpc) is 2.57. The van der Waals surface area contributed by atoms with Crippen molar-refractivity contribution < 1.29 is 18.0 Å². The number of rotatable bonds is 1. The highest BCUT2D eigenvalue weighted by molar-refractivity contribution is 5.94. The van der Waals surface area contributed by atoms with Gasteiger partial charge in [-0.1, -0.05) is 11.6 Å². The van der Waals surface area contributed by atoms with Gasteiger partial charge in [0, 0.05) is 10.9 Å². The first kappa shape index (κ1) is 11.4. The van der Waals surface area contributed by atoms with Crippen LogP contribution in [0.4, 0.5) is 18.9 Å². The van der Waals surface area contributed by atoms with E-state index in [9.17, 15) is 18.0 Å². The summed E-state index contributed by atoms with van der Waals surface area (Å²) in [5.41, 5.74) is -0.364. The van der Waals surface area contributed by atoms with Gasteiger partial charge in [-0.2, -0.15) is 18.2 Å². The van der Waals surface area contributed by atoms with Crippen molar-refractivity contribution in [2.24, 2.45) is 4.99 Å². The van der Waals surface area contributed by atoms with Crippen LogP contribution in [0.2, 0.25) is 0 Å². The Morgan fingerprint density at radius 2 is 2.06 bits per heavy atom. The lowest BCUT2D eigenvalue weighted by Gasteiger charge is -2.03. The van der Waals surface area contributed by atoms with Crippen LogP contribution in [-0.4, -0.2) is 11.1 Å². The van der Waals surface area contributed by atoms with Gasteiger partial charge < -0.3 is 4.98 Å². The smallest absolute Gasteiger partial charge is 0.349 e. The van der Waals surface area contributed by atoms with Gasteiger partial charge in [-0.15, -0.1) is 0 Å². The van der Waals surface area contributed by atoms with Crippen LogP contribution in [0.1, 0.15) is 11.3 Å². The van der Waals surface area contributed by atoms with Crippen molar-refractivity contribution in [2.45, 2.75) is 13.1 Å². The molecule has 0 spiro atoms. The summed E-state index contributed by atoms with van der Waals surface area (Å²) < 4.78 is 38.1. The lowest BCUT2D eigenvalue weighted by Crippen LogP contribution is -2.05. The first-order valence-electron chi connectivity index (χ1n) is 4.71. The molecule has 1 N–H and O–H groups in total. The van der Waals surface area contributed by atoms with E-state index in [1.807, 2.05) is 0 Å². The number of nitrogens with one attached hydrogen (secondary N) is 1. The number of aryl methyl sites for hydroxylation is 1. The Bertz CT molecular complexity index is 621. The van der Waals surface area contributed by atoms with Crippen LogP contribution in [0.3, 0.4) is 0 Å². The summed E-state index contributed by atoms with van der Waals surface area (Å²) in [5, 5.41) is 0.265. The molecule has 0 aliphatic carbocycles. The number of carbonyl (C=O) groups excluding carboxylic acids is 1.